The van der Waals surface area contributed by atoms with E-state index in [-0.39, 0.29) is 17.4 Å². The van der Waals surface area contributed by atoms with Crippen LogP contribution in [0, 0.1) is 5.92 Å². The minimum Gasteiger partial charge on any atom is -0.465 e. The lowest BCUT2D eigenvalue weighted by atomic mass is 9.96. The van der Waals surface area contributed by atoms with Crippen LogP contribution in [0.2, 0.25) is 5.02 Å². The van der Waals surface area contributed by atoms with Crippen LogP contribution in [0.3, 0.4) is 0 Å². The van der Waals surface area contributed by atoms with E-state index in [4.69, 9.17) is 16.3 Å². The number of piperidine rings is 1. The first-order valence-electron chi connectivity index (χ1n) is 9.12. The van der Waals surface area contributed by atoms with E-state index in [0.717, 1.165) is 30.4 Å². The molecule has 1 unspecified atom stereocenters. The second kappa shape index (κ2) is 9.54. The molecule has 5 nitrogen and oxygen atoms in total. The molecule has 0 aliphatic carbocycles. The zero-order chi connectivity index (χ0) is 20.1. The summed E-state index contributed by atoms with van der Waals surface area (Å²) < 4.78 is 5.78. The number of carbonyl (C=O) groups excluding carboxylic acids is 2. The van der Waals surface area contributed by atoms with Crippen molar-refractivity contribution >= 4 is 45.1 Å². The maximum atomic E-state index is 12.8. The van der Waals surface area contributed by atoms with E-state index in [1.54, 1.807) is 18.2 Å². The Morgan fingerprint density at radius 3 is 2.71 bits per heavy atom. The molecule has 0 bridgehead atoms. The van der Waals surface area contributed by atoms with E-state index in [0.29, 0.717) is 17.3 Å². The predicted molar refractivity (Wildman–Crippen MR) is 114 cm³/mol. The molecule has 1 heterocycles. The highest BCUT2D eigenvalue weighted by atomic mass is 79.9. The number of likely N-dealkylation sites (tertiary alicyclic amines) is 1. The molecule has 7 heteroatoms. The van der Waals surface area contributed by atoms with Gasteiger partial charge in [-0.15, -0.1) is 0 Å². The molecule has 1 N–H and O–H groups in total. The number of anilines is 1. The Labute approximate surface area is 178 Å². The largest absolute Gasteiger partial charge is 0.465 e. The van der Waals surface area contributed by atoms with Gasteiger partial charge < -0.3 is 10.1 Å². The van der Waals surface area contributed by atoms with Crippen molar-refractivity contribution in [3.8, 4) is 0 Å². The second-order valence-corrected chi connectivity index (χ2v) is 8.20. The van der Waals surface area contributed by atoms with E-state index in [2.05, 4.69) is 38.3 Å². The van der Waals surface area contributed by atoms with Crippen LogP contribution in [-0.4, -0.2) is 37.0 Å². The summed E-state index contributed by atoms with van der Waals surface area (Å²) >= 11 is 9.49. The van der Waals surface area contributed by atoms with E-state index in [1.807, 2.05) is 12.1 Å². The van der Waals surface area contributed by atoms with Gasteiger partial charge in [-0.1, -0.05) is 39.7 Å². The van der Waals surface area contributed by atoms with Gasteiger partial charge in [-0.05, 0) is 55.3 Å². The number of esters is 1. The molecule has 1 amide bonds. The Bertz CT molecular complexity index is 857. The maximum absolute atomic E-state index is 12.8. The first-order chi connectivity index (χ1) is 13.5. The third kappa shape index (κ3) is 5.34. The predicted octanol–water partition coefficient (Wildman–Crippen LogP) is 4.74. The van der Waals surface area contributed by atoms with Crippen LogP contribution in [0.4, 0.5) is 5.69 Å². The average molecular weight is 466 g/mol. The summed E-state index contributed by atoms with van der Waals surface area (Å²) in [7, 11) is 1.30. The summed E-state index contributed by atoms with van der Waals surface area (Å²) in [4.78, 5) is 26.8. The summed E-state index contributed by atoms with van der Waals surface area (Å²) in [5, 5.41) is 3.21. The van der Waals surface area contributed by atoms with Crippen molar-refractivity contribution in [1.82, 2.24) is 4.90 Å². The third-order valence-electron chi connectivity index (χ3n) is 4.83. The molecule has 0 aromatic heterocycles. The van der Waals surface area contributed by atoms with Crippen molar-refractivity contribution in [3.05, 3.63) is 63.1 Å². The third-order valence-corrected chi connectivity index (χ3v) is 5.69. The lowest BCUT2D eigenvalue weighted by Gasteiger charge is -2.32. The molecule has 2 aromatic rings. The fourth-order valence-electron chi connectivity index (χ4n) is 3.37. The Hall–Kier alpha value is -1.89. The molecule has 3 rings (SSSR count). The summed E-state index contributed by atoms with van der Waals surface area (Å²) in [6.45, 7) is 2.51. The number of methoxy groups -OCH3 is 1. The number of carbonyl (C=O) groups is 2. The summed E-state index contributed by atoms with van der Waals surface area (Å²) in [5.74, 6) is -0.667. The topological polar surface area (TPSA) is 58.6 Å². The number of nitrogens with zero attached hydrogens (tertiary/aromatic N) is 1. The molecule has 1 saturated heterocycles. The number of benzene rings is 2. The SMILES string of the molecule is COC(=O)c1cc(NC(=O)C2CCCN(Cc3ccc(Br)cc3)C2)ccc1Cl. The lowest BCUT2D eigenvalue weighted by molar-refractivity contribution is -0.121. The number of ether oxygens (including phenoxy) is 1. The van der Waals surface area contributed by atoms with Crippen molar-refractivity contribution in [2.45, 2.75) is 19.4 Å². The fourth-order valence-corrected chi connectivity index (χ4v) is 3.83. The molecule has 0 saturated carbocycles. The van der Waals surface area contributed by atoms with Gasteiger partial charge in [0, 0.05) is 23.2 Å². The van der Waals surface area contributed by atoms with Gasteiger partial charge in [0.15, 0.2) is 0 Å². The number of hydrogen-bond donors (Lipinski definition) is 1. The van der Waals surface area contributed by atoms with Gasteiger partial charge in [0.1, 0.15) is 0 Å². The molecule has 148 valence electrons. The van der Waals surface area contributed by atoms with Crippen LogP contribution in [-0.2, 0) is 16.1 Å². The van der Waals surface area contributed by atoms with Crippen LogP contribution in [0.1, 0.15) is 28.8 Å². The number of halogens is 2. The summed E-state index contributed by atoms with van der Waals surface area (Å²) in [5.41, 5.74) is 2.01. The normalized spacial score (nSPS) is 17.2. The highest BCUT2D eigenvalue weighted by molar-refractivity contribution is 9.10. The smallest absolute Gasteiger partial charge is 0.339 e. The summed E-state index contributed by atoms with van der Waals surface area (Å²) in [6.07, 6.45) is 1.82. The van der Waals surface area contributed by atoms with Gasteiger partial charge in [0.05, 0.1) is 23.6 Å². The molecule has 1 fully saturated rings. The number of amides is 1. The number of nitrogens with one attached hydrogen (secondary N) is 1. The zero-order valence-electron chi connectivity index (χ0n) is 15.6. The monoisotopic (exact) mass is 464 g/mol. The molecule has 28 heavy (non-hydrogen) atoms. The highest BCUT2D eigenvalue weighted by Crippen LogP contribution is 2.24. The zero-order valence-corrected chi connectivity index (χ0v) is 17.9. The minimum atomic E-state index is -0.528. The molecular weight excluding hydrogens is 444 g/mol. The Balaban J connectivity index is 1.62. The summed E-state index contributed by atoms with van der Waals surface area (Å²) in [6, 6.07) is 13.1. The lowest BCUT2D eigenvalue weighted by Crippen LogP contribution is -2.40. The van der Waals surface area contributed by atoms with Crippen LogP contribution in [0.25, 0.3) is 0 Å². The molecule has 1 atom stereocenters. The first kappa shape index (κ1) is 20.8. The van der Waals surface area contributed by atoms with Crippen molar-refractivity contribution in [2.75, 3.05) is 25.5 Å². The molecular formula is C21H22BrClN2O3. The van der Waals surface area contributed by atoms with Crippen molar-refractivity contribution in [1.29, 1.82) is 0 Å². The fraction of sp³-hybridized carbons (Fsp3) is 0.333. The van der Waals surface area contributed by atoms with Crippen LogP contribution in [0.15, 0.2) is 46.9 Å². The van der Waals surface area contributed by atoms with Crippen molar-refractivity contribution in [3.63, 3.8) is 0 Å². The Morgan fingerprint density at radius 2 is 2.00 bits per heavy atom. The van der Waals surface area contributed by atoms with Gasteiger partial charge >= 0.3 is 5.97 Å². The van der Waals surface area contributed by atoms with Gasteiger partial charge in [0.25, 0.3) is 0 Å². The molecule has 1 aliphatic rings. The first-order valence-corrected chi connectivity index (χ1v) is 10.3. The standard InChI is InChI=1S/C21H22BrClN2O3/c1-28-21(27)18-11-17(8-9-19(18)23)24-20(26)15-3-2-10-25(13-15)12-14-4-6-16(22)7-5-14/h4-9,11,15H,2-3,10,12-13H2,1H3,(H,24,26). The van der Waals surface area contributed by atoms with E-state index in [9.17, 15) is 9.59 Å². The van der Waals surface area contributed by atoms with Crippen LogP contribution in [0.5, 0.6) is 0 Å². The average Bonchev–Trinajstić information content (AvgIpc) is 2.70. The van der Waals surface area contributed by atoms with Crippen LogP contribution >= 0.6 is 27.5 Å². The molecule has 1 aliphatic heterocycles. The highest BCUT2D eigenvalue weighted by Gasteiger charge is 2.26. The molecule has 2 aromatic carbocycles. The number of hydrogen-bond acceptors (Lipinski definition) is 4. The van der Waals surface area contributed by atoms with Crippen LogP contribution < -0.4 is 5.32 Å². The van der Waals surface area contributed by atoms with Crippen molar-refractivity contribution in [2.24, 2.45) is 5.92 Å². The second-order valence-electron chi connectivity index (χ2n) is 6.88. The quantitative estimate of drug-likeness (QED) is 0.648. The van der Waals surface area contributed by atoms with Gasteiger partial charge in [-0.25, -0.2) is 4.79 Å². The number of rotatable bonds is 5. The van der Waals surface area contributed by atoms with Gasteiger partial charge in [-0.2, -0.15) is 0 Å². The van der Waals surface area contributed by atoms with E-state index in [1.165, 1.54) is 12.7 Å². The van der Waals surface area contributed by atoms with Gasteiger partial charge in [0.2, 0.25) is 5.91 Å². The Morgan fingerprint density at radius 1 is 1.25 bits per heavy atom. The molecule has 0 radical (unpaired) electrons. The van der Waals surface area contributed by atoms with E-state index < -0.39 is 5.97 Å². The Kier molecular flexibility index (Phi) is 7.10. The van der Waals surface area contributed by atoms with E-state index >= 15 is 0 Å². The van der Waals surface area contributed by atoms with Gasteiger partial charge in [-0.3, -0.25) is 9.69 Å². The van der Waals surface area contributed by atoms with Crippen molar-refractivity contribution < 1.29 is 14.3 Å². The molecule has 0 spiro atoms. The maximum Gasteiger partial charge on any atom is 0.339 e. The minimum absolute atomic E-state index is 0.0429.